The van der Waals surface area contributed by atoms with Crippen LogP contribution in [-0.2, 0) is 6.54 Å². The number of aromatic nitrogens is 4. The first-order valence-electron chi connectivity index (χ1n) is 11.0. The lowest BCUT2D eigenvalue weighted by atomic mass is 10.0. The van der Waals surface area contributed by atoms with Gasteiger partial charge in [-0.25, -0.2) is 4.98 Å². The molecule has 0 aliphatic carbocycles. The average molecular weight is 443 g/mol. The highest BCUT2D eigenvalue weighted by molar-refractivity contribution is 5.84. The van der Waals surface area contributed by atoms with Crippen molar-refractivity contribution >= 4 is 22.9 Å². The van der Waals surface area contributed by atoms with Crippen LogP contribution in [0.15, 0.2) is 24.5 Å². The minimum absolute atomic E-state index is 0.0874. The normalized spacial score (nSPS) is 12.9. The summed E-state index contributed by atoms with van der Waals surface area (Å²) in [4.78, 5) is 13.9. The van der Waals surface area contributed by atoms with Gasteiger partial charge in [-0.05, 0) is 39.7 Å². The van der Waals surface area contributed by atoms with Crippen molar-refractivity contribution in [2.45, 2.75) is 71.7 Å². The number of methoxy groups -OCH3 is 1. The number of benzene rings is 1. The zero-order chi connectivity index (χ0) is 23.5. The van der Waals surface area contributed by atoms with Crippen molar-refractivity contribution in [2.75, 3.05) is 17.7 Å². The van der Waals surface area contributed by atoms with Crippen molar-refractivity contribution in [2.24, 2.45) is 0 Å². The predicted molar refractivity (Wildman–Crippen MR) is 126 cm³/mol. The number of anilines is 2. The van der Waals surface area contributed by atoms with Gasteiger partial charge >= 0.3 is 0 Å². The lowest BCUT2D eigenvalue weighted by Gasteiger charge is -2.27. The fourth-order valence-corrected chi connectivity index (χ4v) is 3.48. The molecule has 174 valence electrons. The lowest BCUT2D eigenvalue weighted by Crippen LogP contribution is -2.39. The molecule has 9 heteroatoms. The summed E-state index contributed by atoms with van der Waals surface area (Å²) in [7, 11) is 1.52. The Hall–Kier alpha value is -3.07. The van der Waals surface area contributed by atoms with Gasteiger partial charge in [0.2, 0.25) is 5.95 Å². The summed E-state index contributed by atoms with van der Waals surface area (Å²) in [6, 6.07) is 5.34. The van der Waals surface area contributed by atoms with E-state index in [1.165, 1.54) is 7.11 Å². The van der Waals surface area contributed by atoms with E-state index in [4.69, 9.17) is 9.72 Å². The quantitative estimate of drug-likeness (QED) is 0.371. The van der Waals surface area contributed by atoms with Gasteiger partial charge < -0.3 is 30.2 Å². The van der Waals surface area contributed by atoms with E-state index in [2.05, 4.69) is 39.0 Å². The van der Waals surface area contributed by atoms with Crippen molar-refractivity contribution in [3.63, 3.8) is 0 Å². The van der Waals surface area contributed by atoms with Crippen molar-refractivity contribution in [1.82, 2.24) is 19.5 Å². The van der Waals surface area contributed by atoms with Crippen molar-refractivity contribution < 1.29 is 14.9 Å². The summed E-state index contributed by atoms with van der Waals surface area (Å²) in [5, 5.41) is 27.3. The Morgan fingerprint density at radius 3 is 2.53 bits per heavy atom. The SMILES string of the molecule is CCC(CC)n1cnc2c(NCc3cccc(OC)c3O)nc(NC(C)C(C)(C)O)nc21. The number of hydrogen-bond acceptors (Lipinski definition) is 8. The van der Waals surface area contributed by atoms with Crippen LogP contribution < -0.4 is 15.4 Å². The zero-order valence-electron chi connectivity index (χ0n) is 19.7. The number of fused-ring (bicyclic) bond motifs is 1. The van der Waals surface area contributed by atoms with Crippen LogP contribution in [0, 0.1) is 0 Å². The standard InChI is InChI=1S/C23H34N6O3/c1-7-16(8-2)29-13-25-18-20(24-12-15-10-9-11-17(32-6)19(15)30)27-22(28-21(18)29)26-14(3)23(4,5)31/h9-11,13-14,16,30-31H,7-8,12H2,1-6H3,(H2,24,26,27,28). The van der Waals surface area contributed by atoms with Crippen LogP contribution in [0.25, 0.3) is 11.2 Å². The summed E-state index contributed by atoms with van der Waals surface area (Å²) in [6.07, 6.45) is 3.71. The molecule has 0 fully saturated rings. The average Bonchev–Trinajstić information content (AvgIpc) is 3.17. The molecule has 0 bridgehead atoms. The highest BCUT2D eigenvalue weighted by atomic mass is 16.5. The highest BCUT2D eigenvalue weighted by Crippen LogP contribution is 2.31. The Morgan fingerprint density at radius 1 is 1.19 bits per heavy atom. The van der Waals surface area contributed by atoms with Crippen LogP contribution in [-0.4, -0.2) is 48.5 Å². The zero-order valence-corrected chi connectivity index (χ0v) is 19.7. The van der Waals surface area contributed by atoms with Gasteiger partial charge in [-0.2, -0.15) is 9.97 Å². The van der Waals surface area contributed by atoms with Crippen molar-refractivity contribution in [1.29, 1.82) is 0 Å². The molecule has 3 aromatic rings. The molecular weight excluding hydrogens is 408 g/mol. The summed E-state index contributed by atoms with van der Waals surface area (Å²) in [5.41, 5.74) is 1.10. The predicted octanol–water partition coefficient (Wildman–Crippen LogP) is 4.09. The number of aliphatic hydroxyl groups is 1. The van der Waals surface area contributed by atoms with Gasteiger partial charge in [-0.1, -0.05) is 26.0 Å². The lowest BCUT2D eigenvalue weighted by molar-refractivity contribution is 0.0646. The van der Waals surface area contributed by atoms with Gasteiger partial charge in [0, 0.05) is 18.2 Å². The molecule has 0 amide bonds. The number of nitrogens with one attached hydrogen (secondary N) is 2. The summed E-state index contributed by atoms with van der Waals surface area (Å²) in [6.45, 7) is 9.97. The van der Waals surface area contributed by atoms with E-state index in [1.807, 2.05) is 19.1 Å². The van der Waals surface area contributed by atoms with Crippen LogP contribution in [0.3, 0.4) is 0 Å². The molecule has 0 aliphatic heterocycles. The smallest absolute Gasteiger partial charge is 0.227 e. The maximum atomic E-state index is 10.4. The number of phenols is 1. The molecule has 0 spiro atoms. The molecule has 4 N–H and O–H groups in total. The molecule has 0 aliphatic rings. The van der Waals surface area contributed by atoms with Crippen LogP contribution >= 0.6 is 0 Å². The maximum absolute atomic E-state index is 10.4. The highest BCUT2D eigenvalue weighted by Gasteiger charge is 2.24. The van der Waals surface area contributed by atoms with E-state index >= 15 is 0 Å². The molecular formula is C23H34N6O3. The third-order valence-corrected chi connectivity index (χ3v) is 5.91. The molecule has 9 nitrogen and oxygen atoms in total. The van der Waals surface area contributed by atoms with Crippen LogP contribution in [0.2, 0.25) is 0 Å². The van der Waals surface area contributed by atoms with E-state index in [-0.39, 0.29) is 17.8 Å². The fraction of sp³-hybridized carbons (Fsp3) is 0.522. The number of nitrogens with zero attached hydrogens (tertiary/aromatic N) is 4. The first-order chi connectivity index (χ1) is 15.2. The molecule has 1 aromatic carbocycles. The molecule has 2 aromatic heterocycles. The Bertz CT molecular complexity index is 1060. The van der Waals surface area contributed by atoms with Crippen LogP contribution in [0.5, 0.6) is 11.5 Å². The fourth-order valence-electron chi connectivity index (χ4n) is 3.48. The maximum Gasteiger partial charge on any atom is 0.227 e. The molecule has 0 saturated heterocycles. The molecule has 3 rings (SSSR count). The third-order valence-electron chi connectivity index (χ3n) is 5.91. The summed E-state index contributed by atoms with van der Waals surface area (Å²) < 4.78 is 7.28. The monoisotopic (exact) mass is 442 g/mol. The Kier molecular flexibility index (Phi) is 7.08. The molecule has 0 saturated carbocycles. The Morgan fingerprint density at radius 2 is 1.91 bits per heavy atom. The minimum atomic E-state index is -0.950. The van der Waals surface area contributed by atoms with Crippen molar-refractivity contribution in [3.8, 4) is 11.5 Å². The minimum Gasteiger partial charge on any atom is -0.504 e. The number of hydrogen-bond donors (Lipinski definition) is 4. The molecule has 1 unspecified atom stereocenters. The summed E-state index contributed by atoms with van der Waals surface area (Å²) >= 11 is 0. The Balaban J connectivity index is 2.01. The van der Waals surface area contributed by atoms with E-state index in [0.717, 1.165) is 18.5 Å². The molecule has 2 heterocycles. The number of phenolic OH excluding ortho intramolecular Hbond substituents is 1. The second kappa shape index (κ2) is 9.60. The first-order valence-corrected chi connectivity index (χ1v) is 11.0. The molecule has 1 atom stereocenters. The van der Waals surface area contributed by atoms with E-state index < -0.39 is 5.60 Å². The second-order valence-electron chi connectivity index (χ2n) is 8.53. The first kappa shape index (κ1) is 23.6. The van der Waals surface area contributed by atoms with Crippen molar-refractivity contribution in [3.05, 3.63) is 30.1 Å². The van der Waals surface area contributed by atoms with E-state index in [1.54, 1.807) is 26.2 Å². The summed E-state index contributed by atoms with van der Waals surface area (Å²) in [5.74, 6) is 1.45. The van der Waals surface area contributed by atoms with Gasteiger partial charge in [0.25, 0.3) is 0 Å². The van der Waals surface area contributed by atoms with Gasteiger partial charge in [-0.15, -0.1) is 0 Å². The van der Waals surface area contributed by atoms with Gasteiger partial charge in [0.15, 0.2) is 28.5 Å². The number of para-hydroxylation sites is 1. The van der Waals surface area contributed by atoms with Crippen LogP contribution in [0.1, 0.15) is 59.1 Å². The Labute approximate surface area is 188 Å². The third kappa shape index (κ3) is 4.88. The van der Waals surface area contributed by atoms with E-state index in [9.17, 15) is 10.2 Å². The van der Waals surface area contributed by atoms with Gasteiger partial charge in [-0.3, -0.25) is 0 Å². The van der Waals surface area contributed by atoms with Crippen LogP contribution in [0.4, 0.5) is 11.8 Å². The van der Waals surface area contributed by atoms with Gasteiger partial charge in [0.1, 0.15) is 0 Å². The molecule has 32 heavy (non-hydrogen) atoms. The molecule has 0 radical (unpaired) electrons. The van der Waals surface area contributed by atoms with Gasteiger partial charge in [0.05, 0.1) is 25.1 Å². The number of ether oxygens (including phenoxy) is 1. The second-order valence-corrected chi connectivity index (χ2v) is 8.53. The number of rotatable bonds is 10. The number of aromatic hydroxyl groups is 1. The number of imidazole rings is 1. The largest absolute Gasteiger partial charge is 0.504 e. The van der Waals surface area contributed by atoms with E-state index in [0.29, 0.717) is 35.1 Å². The topological polar surface area (TPSA) is 117 Å².